The van der Waals surface area contributed by atoms with Crippen molar-refractivity contribution in [3.05, 3.63) is 133 Å². The van der Waals surface area contributed by atoms with Crippen LogP contribution in [0.2, 0.25) is 0 Å². The summed E-state index contributed by atoms with van der Waals surface area (Å²) in [6.45, 7) is 4.51. The molecule has 6 aromatic rings. The lowest BCUT2D eigenvalue weighted by atomic mass is 9.97. The first-order chi connectivity index (χ1) is 16.3. The summed E-state index contributed by atoms with van der Waals surface area (Å²) in [6.07, 6.45) is 0. The van der Waals surface area contributed by atoms with Gasteiger partial charge >= 0.3 is 0 Å². The van der Waals surface area contributed by atoms with Crippen molar-refractivity contribution in [3.63, 3.8) is 0 Å². The number of aromatic nitrogens is 1. The Morgan fingerprint density at radius 3 is 1.94 bits per heavy atom. The molecule has 1 aliphatic rings. The monoisotopic (exact) mass is 419 g/mol. The van der Waals surface area contributed by atoms with Gasteiger partial charge in [-0.25, -0.2) is 0 Å². The molecule has 0 N–H and O–H groups in total. The topological polar surface area (TPSA) is 4.93 Å². The fraction of sp³-hybridized carbons (Fsp3) is 0. The molecule has 7 rings (SSSR count). The molecule has 0 radical (unpaired) electrons. The predicted molar refractivity (Wildman–Crippen MR) is 140 cm³/mol. The zero-order valence-corrected chi connectivity index (χ0v) is 18.1. The molecular formula is C32H21N. The predicted octanol–water partition coefficient (Wildman–Crippen LogP) is 8.49. The van der Waals surface area contributed by atoms with Crippen LogP contribution < -0.4 is 0 Å². The zero-order valence-electron chi connectivity index (χ0n) is 18.1. The molecule has 0 aliphatic heterocycles. The molecule has 0 saturated heterocycles. The number of fused-ring (bicyclic) bond motifs is 5. The maximum absolute atomic E-state index is 4.51. The van der Waals surface area contributed by atoms with E-state index in [4.69, 9.17) is 0 Å². The largest absolute Gasteiger partial charge is 0.309 e. The van der Waals surface area contributed by atoms with Crippen molar-refractivity contribution in [2.24, 2.45) is 0 Å². The van der Waals surface area contributed by atoms with Gasteiger partial charge in [-0.15, -0.1) is 0 Å². The van der Waals surface area contributed by atoms with E-state index in [0.717, 1.165) is 11.3 Å². The lowest BCUT2D eigenvalue weighted by Gasteiger charge is -2.15. The molecule has 0 saturated carbocycles. The summed E-state index contributed by atoms with van der Waals surface area (Å²) >= 11 is 0. The van der Waals surface area contributed by atoms with Crippen LogP contribution in [0.4, 0.5) is 0 Å². The van der Waals surface area contributed by atoms with Gasteiger partial charge in [0.1, 0.15) is 0 Å². The van der Waals surface area contributed by atoms with Crippen LogP contribution in [0.15, 0.2) is 122 Å². The third kappa shape index (κ3) is 2.60. The summed E-state index contributed by atoms with van der Waals surface area (Å²) in [7, 11) is 0. The van der Waals surface area contributed by atoms with Crippen LogP contribution in [-0.2, 0) is 0 Å². The van der Waals surface area contributed by atoms with Crippen LogP contribution in [0.25, 0.3) is 55.3 Å². The molecule has 0 amide bonds. The van der Waals surface area contributed by atoms with E-state index in [2.05, 4.69) is 126 Å². The molecule has 0 atom stereocenters. The van der Waals surface area contributed by atoms with E-state index in [1.54, 1.807) is 0 Å². The first kappa shape index (κ1) is 18.2. The molecule has 1 aliphatic carbocycles. The molecule has 1 heteroatoms. The lowest BCUT2D eigenvalue weighted by Crippen LogP contribution is -1.98. The molecule has 1 heterocycles. The van der Waals surface area contributed by atoms with Crippen LogP contribution >= 0.6 is 0 Å². The molecule has 0 bridgehead atoms. The van der Waals surface area contributed by atoms with Gasteiger partial charge in [0.25, 0.3) is 0 Å². The molecule has 0 fully saturated rings. The molecule has 0 spiro atoms. The van der Waals surface area contributed by atoms with Crippen molar-refractivity contribution in [2.45, 2.75) is 0 Å². The number of benzene rings is 5. The zero-order chi connectivity index (χ0) is 21.9. The third-order valence-corrected chi connectivity index (χ3v) is 6.87. The van der Waals surface area contributed by atoms with E-state index in [1.807, 2.05) is 0 Å². The highest BCUT2D eigenvalue weighted by molar-refractivity contribution is 6.07. The summed E-state index contributed by atoms with van der Waals surface area (Å²) in [5.41, 5.74) is 10.9. The summed E-state index contributed by atoms with van der Waals surface area (Å²) in [5.74, 6) is 0. The second kappa shape index (κ2) is 6.82. The SMILES string of the molecule is C=C1c2ccccc2-c2cccc(-c3cc4cc5ccccc5cc4n3-c3ccccc3)c21. The Morgan fingerprint density at radius 1 is 0.485 bits per heavy atom. The van der Waals surface area contributed by atoms with Gasteiger partial charge < -0.3 is 4.57 Å². The second-order valence-electron chi connectivity index (χ2n) is 8.71. The standard InChI is InChI=1S/C32H21N/c1-21-26-14-7-8-15-27(26)28-16-9-17-29(32(21)28)31-20-24-18-22-10-5-6-11-23(22)19-30(24)33(31)25-12-3-2-4-13-25/h2-20H,1H2. The number of nitrogens with zero attached hydrogens (tertiary/aromatic N) is 1. The maximum atomic E-state index is 4.51. The number of hydrogen-bond acceptors (Lipinski definition) is 0. The smallest absolute Gasteiger partial charge is 0.0547 e. The van der Waals surface area contributed by atoms with Gasteiger partial charge in [-0.05, 0) is 68.9 Å². The fourth-order valence-corrected chi connectivity index (χ4v) is 5.38. The van der Waals surface area contributed by atoms with Crippen LogP contribution in [0.5, 0.6) is 0 Å². The minimum atomic E-state index is 1.10. The lowest BCUT2D eigenvalue weighted by molar-refractivity contribution is 1.13. The van der Waals surface area contributed by atoms with Crippen molar-refractivity contribution in [1.29, 1.82) is 0 Å². The van der Waals surface area contributed by atoms with E-state index in [0.29, 0.717) is 0 Å². The minimum Gasteiger partial charge on any atom is -0.309 e. The van der Waals surface area contributed by atoms with Crippen molar-refractivity contribution >= 4 is 27.2 Å². The van der Waals surface area contributed by atoms with Crippen LogP contribution in [-0.4, -0.2) is 4.57 Å². The fourth-order valence-electron chi connectivity index (χ4n) is 5.38. The Balaban J connectivity index is 1.59. The average Bonchev–Trinajstić information content (AvgIpc) is 3.38. The average molecular weight is 420 g/mol. The maximum Gasteiger partial charge on any atom is 0.0547 e. The Bertz CT molecular complexity index is 1720. The summed E-state index contributed by atoms with van der Waals surface area (Å²) in [6, 6.07) is 41.4. The summed E-state index contributed by atoms with van der Waals surface area (Å²) in [5, 5.41) is 3.75. The third-order valence-electron chi connectivity index (χ3n) is 6.87. The number of rotatable bonds is 2. The van der Waals surface area contributed by atoms with Gasteiger partial charge in [0, 0.05) is 16.6 Å². The van der Waals surface area contributed by atoms with Gasteiger partial charge in [0.15, 0.2) is 0 Å². The highest BCUT2D eigenvalue weighted by Crippen LogP contribution is 2.48. The Kier molecular flexibility index (Phi) is 3.77. The van der Waals surface area contributed by atoms with Crippen molar-refractivity contribution < 1.29 is 0 Å². The first-order valence-corrected chi connectivity index (χ1v) is 11.3. The van der Waals surface area contributed by atoms with E-state index >= 15 is 0 Å². The highest BCUT2D eigenvalue weighted by atomic mass is 15.0. The van der Waals surface area contributed by atoms with E-state index in [9.17, 15) is 0 Å². The molecule has 0 unspecified atom stereocenters. The van der Waals surface area contributed by atoms with Gasteiger partial charge in [0.05, 0.1) is 11.2 Å². The molecule has 154 valence electrons. The molecule has 5 aromatic carbocycles. The highest BCUT2D eigenvalue weighted by Gasteiger charge is 2.26. The minimum absolute atomic E-state index is 1.10. The summed E-state index contributed by atoms with van der Waals surface area (Å²) in [4.78, 5) is 0. The van der Waals surface area contributed by atoms with Gasteiger partial charge in [-0.2, -0.15) is 0 Å². The van der Waals surface area contributed by atoms with Crippen molar-refractivity contribution in [3.8, 4) is 28.1 Å². The first-order valence-electron chi connectivity index (χ1n) is 11.3. The molecule has 1 aromatic heterocycles. The molecule has 1 nitrogen and oxygen atoms in total. The van der Waals surface area contributed by atoms with Gasteiger partial charge in [-0.1, -0.05) is 91.5 Å². The molecule has 33 heavy (non-hydrogen) atoms. The van der Waals surface area contributed by atoms with Crippen LogP contribution in [0.1, 0.15) is 11.1 Å². The summed E-state index contributed by atoms with van der Waals surface area (Å²) < 4.78 is 2.40. The van der Waals surface area contributed by atoms with Crippen LogP contribution in [0.3, 0.4) is 0 Å². The number of para-hydroxylation sites is 1. The van der Waals surface area contributed by atoms with E-state index in [-0.39, 0.29) is 0 Å². The van der Waals surface area contributed by atoms with Gasteiger partial charge in [-0.3, -0.25) is 0 Å². The van der Waals surface area contributed by atoms with Crippen molar-refractivity contribution in [1.82, 2.24) is 4.57 Å². The van der Waals surface area contributed by atoms with Gasteiger partial charge in [0.2, 0.25) is 0 Å². The second-order valence-corrected chi connectivity index (χ2v) is 8.71. The van der Waals surface area contributed by atoms with E-state index < -0.39 is 0 Å². The Hall–Kier alpha value is -4.36. The quantitative estimate of drug-likeness (QED) is 0.265. The van der Waals surface area contributed by atoms with Crippen LogP contribution in [0, 0.1) is 0 Å². The van der Waals surface area contributed by atoms with E-state index in [1.165, 1.54) is 55.2 Å². The Labute approximate surface area is 192 Å². The Morgan fingerprint density at radius 2 is 1.12 bits per heavy atom. The normalized spacial score (nSPS) is 12.3. The molecular weight excluding hydrogens is 398 g/mol. The number of hydrogen-bond donors (Lipinski definition) is 0. The van der Waals surface area contributed by atoms with Crippen molar-refractivity contribution in [2.75, 3.05) is 0 Å².